The van der Waals surface area contributed by atoms with Gasteiger partial charge in [-0.2, -0.15) is 13.2 Å². The number of halogens is 3. The van der Waals surface area contributed by atoms with E-state index in [-0.39, 0.29) is 13.1 Å². The molecule has 1 unspecified atom stereocenters. The molecule has 100 valence electrons. The highest BCUT2D eigenvalue weighted by molar-refractivity contribution is 4.81. The van der Waals surface area contributed by atoms with Gasteiger partial charge in [-0.25, -0.2) is 0 Å². The van der Waals surface area contributed by atoms with Crippen LogP contribution >= 0.6 is 0 Å². The van der Waals surface area contributed by atoms with Gasteiger partial charge >= 0.3 is 6.18 Å². The van der Waals surface area contributed by atoms with Crippen molar-refractivity contribution >= 4 is 0 Å². The van der Waals surface area contributed by atoms with Gasteiger partial charge in [0.1, 0.15) is 0 Å². The molecule has 1 aliphatic carbocycles. The molecule has 0 aromatic heterocycles. The standard InChI is InChI=1S/C12H21F3N2/c13-12(14,15)11-7-16-5-6-17(9-11)8-10-3-1-2-4-10/h10-11,16H,1-9H2. The lowest BCUT2D eigenvalue weighted by Crippen LogP contribution is -2.39. The minimum Gasteiger partial charge on any atom is -0.315 e. The maximum absolute atomic E-state index is 12.7. The molecule has 2 aliphatic rings. The van der Waals surface area contributed by atoms with Gasteiger partial charge < -0.3 is 10.2 Å². The van der Waals surface area contributed by atoms with E-state index in [1.807, 2.05) is 4.90 Å². The van der Waals surface area contributed by atoms with Crippen LogP contribution in [0.25, 0.3) is 0 Å². The summed E-state index contributed by atoms with van der Waals surface area (Å²) < 4.78 is 38.2. The fraction of sp³-hybridized carbons (Fsp3) is 1.00. The molecule has 0 aromatic rings. The fourth-order valence-corrected chi connectivity index (χ4v) is 2.92. The Kier molecular flexibility index (Phi) is 4.31. The predicted octanol–water partition coefficient (Wildman–Crippen LogP) is 2.26. The van der Waals surface area contributed by atoms with Gasteiger partial charge in [-0.15, -0.1) is 0 Å². The quantitative estimate of drug-likeness (QED) is 0.808. The van der Waals surface area contributed by atoms with Gasteiger partial charge in [-0.3, -0.25) is 0 Å². The molecule has 1 saturated carbocycles. The topological polar surface area (TPSA) is 15.3 Å². The Morgan fingerprint density at radius 3 is 2.53 bits per heavy atom. The molecule has 0 bridgehead atoms. The zero-order valence-corrected chi connectivity index (χ0v) is 10.1. The molecule has 0 radical (unpaired) electrons. The average Bonchev–Trinajstić information content (AvgIpc) is 2.61. The van der Waals surface area contributed by atoms with E-state index in [0.717, 1.165) is 13.1 Å². The van der Waals surface area contributed by atoms with Crippen LogP contribution in [0.1, 0.15) is 25.7 Å². The smallest absolute Gasteiger partial charge is 0.315 e. The second kappa shape index (κ2) is 5.57. The summed E-state index contributed by atoms with van der Waals surface area (Å²) in [7, 11) is 0. The summed E-state index contributed by atoms with van der Waals surface area (Å²) in [4.78, 5) is 2.01. The third kappa shape index (κ3) is 3.85. The van der Waals surface area contributed by atoms with Crippen molar-refractivity contribution in [3.05, 3.63) is 0 Å². The molecule has 2 fully saturated rings. The Morgan fingerprint density at radius 2 is 1.88 bits per heavy atom. The zero-order valence-electron chi connectivity index (χ0n) is 10.1. The highest BCUT2D eigenvalue weighted by Gasteiger charge is 2.41. The molecule has 1 heterocycles. The molecule has 2 rings (SSSR count). The SMILES string of the molecule is FC(F)(F)C1CNCCN(CC2CCCC2)C1. The summed E-state index contributed by atoms with van der Waals surface area (Å²) in [5.41, 5.74) is 0. The molecule has 0 amide bonds. The summed E-state index contributed by atoms with van der Waals surface area (Å²) >= 11 is 0. The van der Waals surface area contributed by atoms with Crippen molar-refractivity contribution in [3.8, 4) is 0 Å². The molecule has 1 atom stereocenters. The van der Waals surface area contributed by atoms with Gasteiger partial charge in [0.25, 0.3) is 0 Å². The van der Waals surface area contributed by atoms with Crippen LogP contribution in [0.3, 0.4) is 0 Å². The average molecular weight is 250 g/mol. The minimum absolute atomic E-state index is 0.0741. The number of hydrogen-bond acceptors (Lipinski definition) is 2. The maximum atomic E-state index is 12.7. The fourth-order valence-electron chi connectivity index (χ4n) is 2.92. The first-order valence-electron chi connectivity index (χ1n) is 6.55. The number of nitrogens with one attached hydrogen (secondary N) is 1. The molecular weight excluding hydrogens is 229 g/mol. The first kappa shape index (κ1) is 13.1. The van der Waals surface area contributed by atoms with E-state index in [2.05, 4.69) is 5.32 Å². The molecule has 0 aromatic carbocycles. The normalized spacial score (nSPS) is 29.5. The third-order valence-corrected chi connectivity index (χ3v) is 3.93. The highest BCUT2D eigenvalue weighted by atomic mass is 19.4. The van der Waals surface area contributed by atoms with Crippen LogP contribution in [0, 0.1) is 11.8 Å². The Hall–Kier alpha value is -0.290. The monoisotopic (exact) mass is 250 g/mol. The van der Waals surface area contributed by atoms with Gasteiger partial charge in [0.15, 0.2) is 0 Å². The van der Waals surface area contributed by atoms with Crippen molar-refractivity contribution in [2.75, 3.05) is 32.7 Å². The van der Waals surface area contributed by atoms with E-state index in [0.29, 0.717) is 12.5 Å². The molecule has 0 spiro atoms. The second-order valence-electron chi connectivity index (χ2n) is 5.35. The Bertz CT molecular complexity index is 236. The van der Waals surface area contributed by atoms with E-state index in [1.54, 1.807) is 0 Å². The summed E-state index contributed by atoms with van der Waals surface area (Å²) in [5.74, 6) is -0.576. The van der Waals surface area contributed by atoms with E-state index >= 15 is 0 Å². The Balaban J connectivity index is 1.87. The third-order valence-electron chi connectivity index (χ3n) is 3.93. The Labute approximate surface area is 101 Å². The lowest BCUT2D eigenvalue weighted by atomic mass is 10.1. The number of nitrogens with zero attached hydrogens (tertiary/aromatic N) is 1. The second-order valence-corrected chi connectivity index (χ2v) is 5.35. The van der Waals surface area contributed by atoms with Crippen molar-refractivity contribution in [1.29, 1.82) is 0 Å². The lowest BCUT2D eigenvalue weighted by molar-refractivity contribution is -0.176. The molecule has 1 aliphatic heterocycles. The van der Waals surface area contributed by atoms with Crippen molar-refractivity contribution in [1.82, 2.24) is 10.2 Å². The highest BCUT2D eigenvalue weighted by Crippen LogP contribution is 2.29. The zero-order chi connectivity index (χ0) is 12.3. The Morgan fingerprint density at radius 1 is 1.18 bits per heavy atom. The van der Waals surface area contributed by atoms with E-state index in [4.69, 9.17) is 0 Å². The molecule has 1 N–H and O–H groups in total. The van der Waals surface area contributed by atoms with Gasteiger partial charge in [0, 0.05) is 32.7 Å². The van der Waals surface area contributed by atoms with E-state index in [9.17, 15) is 13.2 Å². The van der Waals surface area contributed by atoms with E-state index in [1.165, 1.54) is 25.7 Å². The van der Waals surface area contributed by atoms with Gasteiger partial charge in [-0.05, 0) is 18.8 Å². The van der Waals surface area contributed by atoms with Crippen molar-refractivity contribution in [3.63, 3.8) is 0 Å². The summed E-state index contributed by atoms with van der Waals surface area (Å²) in [5, 5.41) is 2.90. The van der Waals surface area contributed by atoms with Crippen LogP contribution in [0.2, 0.25) is 0 Å². The summed E-state index contributed by atoms with van der Waals surface area (Å²) in [6.45, 7) is 2.54. The number of alkyl halides is 3. The van der Waals surface area contributed by atoms with Crippen LogP contribution in [0.4, 0.5) is 13.2 Å². The van der Waals surface area contributed by atoms with Crippen LogP contribution in [-0.2, 0) is 0 Å². The molecule has 2 nitrogen and oxygen atoms in total. The number of rotatable bonds is 2. The van der Waals surface area contributed by atoms with Gasteiger partial charge in [-0.1, -0.05) is 12.8 Å². The molecule has 5 heteroatoms. The first-order valence-corrected chi connectivity index (χ1v) is 6.55. The van der Waals surface area contributed by atoms with Gasteiger partial charge in [0.2, 0.25) is 0 Å². The number of hydrogen-bond donors (Lipinski definition) is 1. The van der Waals surface area contributed by atoms with Crippen molar-refractivity contribution in [2.45, 2.75) is 31.9 Å². The molecular formula is C12H21F3N2. The summed E-state index contributed by atoms with van der Waals surface area (Å²) in [6, 6.07) is 0. The maximum Gasteiger partial charge on any atom is 0.394 e. The van der Waals surface area contributed by atoms with E-state index < -0.39 is 12.1 Å². The van der Waals surface area contributed by atoms with Crippen LogP contribution in [0.5, 0.6) is 0 Å². The van der Waals surface area contributed by atoms with Crippen LogP contribution in [0.15, 0.2) is 0 Å². The van der Waals surface area contributed by atoms with Gasteiger partial charge in [0.05, 0.1) is 5.92 Å². The minimum atomic E-state index is -4.06. The van der Waals surface area contributed by atoms with Crippen molar-refractivity contribution in [2.24, 2.45) is 11.8 Å². The lowest BCUT2D eigenvalue weighted by Gasteiger charge is -2.27. The molecule has 1 saturated heterocycles. The predicted molar refractivity (Wildman–Crippen MR) is 60.8 cm³/mol. The van der Waals surface area contributed by atoms with Crippen molar-refractivity contribution < 1.29 is 13.2 Å². The molecule has 17 heavy (non-hydrogen) atoms. The summed E-state index contributed by atoms with van der Waals surface area (Å²) in [6.07, 6.45) is 0.825. The van der Waals surface area contributed by atoms with Crippen LogP contribution < -0.4 is 5.32 Å². The largest absolute Gasteiger partial charge is 0.394 e. The van der Waals surface area contributed by atoms with Crippen LogP contribution in [-0.4, -0.2) is 43.8 Å². The first-order chi connectivity index (χ1) is 8.05.